The summed E-state index contributed by atoms with van der Waals surface area (Å²) < 4.78 is 5.54. The van der Waals surface area contributed by atoms with E-state index in [1.54, 1.807) is 0 Å². The summed E-state index contributed by atoms with van der Waals surface area (Å²) in [6.45, 7) is 9.28. The Labute approximate surface area is 118 Å². The number of hydrogen-bond donors (Lipinski definition) is 2. The molecule has 2 N–H and O–H groups in total. The van der Waals surface area contributed by atoms with Gasteiger partial charge in [0.05, 0.1) is 6.10 Å². The van der Waals surface area contributed by atoms with Crippen molar-refractivity contribution in [2.75, 3.05) is 7.11 Å². The van der Waals surface area contributed by atoms with Crippen molar-refractivity contribution in [1.82, 2.24) is 10.6 Å². The Morgan fingerprint density at radius 2 is 1.63 bits per heavy atom. The number of piperidine rings is 1. The molecule has 2 fully saturated rings. The van der Waals surface area contributed by atoms with Gasteiger partial charge in [0.15, 0.2) is 0 Å². The number of ether oxygens (including phenoxy) is 1. The summed E-state index contributed by atoms with van der Waals surface area (Å²) in [5.41, 5.74) is 0.462. The molecule has 0 bridgehead atoms. The van der Waals surface area contributed by atoms with E-state index in [0.717, 1.165) is 0 Å². The first-order chi connectivity index (χ1) is 8.80. The second kappa shape index (κ2) is 5.71. The van der Waals surface area contributed by atoms with Crippen LogP contribution >= 0.6 is 0 Å². The van der Waals surface area contributed by atoms with Gasteiger partial charge in [0.25, 0.3) is 0 Å². The van der Waals surface area contributed by atoms with Crippen molar-refractivity contribution >= 4 is 0 Å². The molecule has 0 amide bonds. The maximum Gasteiger partial charge on any atom is 0.0586 e. The van der Waals surface area contributed by atoms with E-state index in [0.29, 0.717) is 18.2 Å². The van der Waals surface area contributed by atoms with Crippen LogP contribution < -0.4 is 10.6 Å². The fourth-order valence-corrected chi connectivity index (χ4v) is 4.28. The third kappa shape index (κ3) is 4.44. The smallest absolute Gasteiger partial charge is 0.0586 e. The largest absolute Gasteiger partial charge is 0.381 e. The second-order valence-corrected chi connectivity index (χ2v) is 7.89. The van der Waals surface area contributed by atoms with Crippen LogP contribution in [0.5, 0.6) is 0 Å². The lowest BCUT2D eigenvalue weighted by Crippen LogP contribution is -2.62. The number of rotatable bonds is 3. The van der Waals surface area contributed by atoms with Crippen LogP contribution in [0, 0.1) is 0 Å². The molecule has 1 saturated heterocycles. The van der Waals surface area contributed by atoms with Gasteiger partial charge in [0, 0.05) is 30.3 Å². The van der Waals surface area contributed by atoms with Gasteiger partial charge in [-0.15, -0.1) is 0 Å². The number of methoxy groups -OCH3 is 1. The molecule has 2 rings (SSSR count). The molecule has 3 nitrogen and oxygen atoms in total. The van der Waals surface area contributed by atoms with Crippen molar-refractivity contribution in [2.24, 2.45) is 0 Å². The van der Waals surface area contributed by atoms with E-state index in [1.807, 2.05) is 7.11 Å². The van der Waals surface area contributed by atoms with Gasteiger partial charge < -0.3 is 15.4 Å². The Balaban J connectivity index is 1.91. The second-order valence-electron chi connectivity index (χ2n) is 7.89. The summed E-state index contributed by atoms with van der Waals surface area (Å²) >= 11 is 0. The molecule has 1 aliphatic carbocycles. The highest BCUT2D eigenvalue weighted by atomic mass is 16.5. The van der Waals surface area contributed by atoms with Gasteiger partial charge in [-0.05, 0) is 66.2 Å². The molecule has 0 radical (unpaired) electrons. The lowest BCUT2D eigenvalue weighted by atomic mass is 9.79. The van der Waals surface area contributed by atoms with Gasteiger partial charge in [-0.25, -0.2) is 0 Å². The molecule has 0 aromatic carbocycles. The van der Waals surface area contributed by atoms with E-state index >= 15 is 0 Å². The van der Waals surface area contributed by atoms with Gasteiger partial charge in [0.2, 0.25) is 0 Å². The predicted octanol–water partition coefficient (Wildman–Crippen LogP) is 2.84. The van der Waals surface area contributed by atoms with Crippen LogP contribution in [-0.2, 0) is 4.74 Å². The van der Waals surface area contributed by atoms with Crippen molar-refractivity contribution in [3.05, 3.63) is 0 Å². The van der Waals surface area contributed by atoms with Gasteiger partial charge in [-0.1, -0.05) is 0 Å². The monoisotopic (exact) mass is 268 g/mol. The molecule has 1 heterocycles. The zero-order valence-corrected chi connectivity index (χ0v) is 13.4. The summed E-state index contributed by atoms with van der Waals surface area (Å²) in [6.07, 6.45) is 7.92. The quantitative estimate of drug-likeness (QED) is 0.826. The molecular weight excluding hydrogens is 236 g/mol. The lowest BCUT2D eigenvalue weighted by molar-refractivity contribution is 0.0513. The van der Waals surface area contributed by atoms with Crippen molar-refractivity contribution in [3.63, 3.8) is 0 Å². The highest BCUT2D eigenvalue weighted by Gasteiger charge is 2.38. The molecule has 3 heteroatoms. The molecule has 19 heavy (non-hydrogen) atoms. The summed E-state index contributed by atoms with van der Waals surface area (Å²) in [4.78, 5) is 0. The molecule has 2 aliphatic rings. The lowest BCUT2D eigenvalue weighted by Gasteiger charge is -2.48. The standard InChI is InChI=1S/C16H32N2O/c1-15(2)10-13(11-16(3,4)18-15)17-12-7-6-8-14(9-12)19-5/h12-14,17-18H,6-11H2,1-5H3. The van der Waals surface area contributed by atoms with Crippen molar-refractivity contribution in [3.8, 4) is 0 Å². The van der Waals surface area contributed by atoms with Crippen molar-refractivity contribution in [2.45, 2.75) is 95.5 Å². The zero-order chi connectivity index (χ0) is 14.1. The van der Waals surface area contributed by atoms with Crippen LogP contribution in [0.25, 0.3) is 0 Å². The highest BCUT2D eigenvalue weighted by molar-refractivity contribution is 5.00. The minimum Gasteiger partial charge on any atom is -0.381 e. The fraction of sp³-hybridized carbons (Fsp3) is 1.00. The van der Waals surface area contributed by atoms with Crippen LogP contribution in [0.15, 0.2) is 0 Å². The third-order valence-electron chi connectivity index (χ3n) is 4.62. The first kappa shape index (κ1) is 15.3. The molecule has 1 saturated carbocycles. The first-order valence-electron chi connectivity index (χ1n) is 7.88. The summed E-state index contributed by atoms with van der Waals surface area (Å²) in [6, 6.07) is 1.28. The Morgan fingerprint density at radius 1 is 1.00 bits per heavy atom. The topological polar surface area (TPSA) is 33.3 Å². The Hall–Kier alpha value is -0.120. The molecule has 0 aromatic heterocycles. The SMILES string of the molecule is COC1CCCC(NC2CC(C)(C)NC(C)(C)C2)C1. The van der Waals surface area contributed by atoms with Crippen LogP contribution in [0.3, 0.4) is 0 Å². The van der Waals surface area contributed by atoms with Crippen molar-refractivity contribution < 1.29 is 4.74 Å². The Bertz CT molecular complexity index is 285. The minimum absolute atomic E-state index is 0.231. The highest BCUT2D eigenvalue weighted by Crippen LogP contribution is 2.30. The van der Waals surface area contributed by atoms with Gasteiger partial charge in [-0.3, -0.25) is 0 Å². The van der Waals surface area contributed by atoms with Gasteiger partial charge >= 0.3 is 0 Å². The number of nitrogens with one attached hydrogen (secondary N) is 2. The van der Waals surface area contributed by atoms with Crippen LogP contribution in [0.2, 0.25) is 0 Å². The van der Waals surface area contributed by atoms with E-state index in [1.165, 1.54) is 38.5 Å². The Morgan fingerprint density at radius 3 is 2.21 bits per heavy atom. The van der Waals surface area contributed by atoms with E-state index in [4.69, 9.17) is 4.74 Å². The maximum atomic E-state index is 5.54. The van der Waals surface area contributed by atoms with Crippen LogP contribution in [0.1, 0.15) is 66.2 Å². The molecule has 2 atom stereocenters. The molecule has 0 spiro atoms. The fourth-order valence-electron chi connectivity index (χ4n) is 4.28. The first-order valence-corrected chi connectivity index (χ1v) is 7.88. The van der Waals surface area contributed by atoms with E-state index in [-0.39, 0.29) is 11.1 Å². The average molecular weight is 268 g/mol. The maximum absolute atomic E-state index is 5.54. The summed E-state index contributed by atoms with van der Waals surface area (Å²) in [5.74, 6) is 0. The van der Waals surface area contributed by atoms with E-state index in [2.05, 4.69) is 38.3 Å². The summed E-state index contributed by atoms with van der Waals surface area (Å²) in [7, 11) is 1.85. The van der Waals surface area contributed by atoms with E-state index < -0.39 is 0 Å². The van der Waals surface area contributed by atoms with Gasteiger partial charge in [0.1, 0.15) is 0 Å². The molecular formula is C16H32N2O. The van der Waals surface area contributed by atoms with Crippen molar-refractivity contribution in [1.29, 1.82) is 0 Å². The summed E-state index contributed by atoms with van der Waals surface area (Å²) in [5, 5.41) is 7.67. The molecule has 0 aromatic rings. The zero-order valence-electron chi connectivity index (χ0n) is 13.4. The third-order valence-corrected chi connectivity index (χ3v) is 4.62. The molecule has 2 unspecified atom stereocenters. The van der Waals surface area contributed by atoms with E-state index in [9.17, 15) is 0 Å². The predicted molar refractivity (Wildman–Crippen MR) is 80.5 cm³/mol. The van der Waals surface area contributed by atoms with Crippen LogP contribution in [-0.4, -0.2) is 36.4 Å². The van der Waals surface area contributed by atoms with Crippen LogP contribution in [0.4, 0.5) is 0 Å². The Kier molecular flexibility index (Phi) is 4.59. The normalized spacial score (nSPS) is 35.2. The number of hydrogen-bond acceptors (Lipinski definition) is 3. The van der Waals surface area contributed by atoms with Gasteiger partial charge in [-0.2, -0.15) is 0 Å². The molecule has 1 aliphatic heterocycles. The minimum atomic E-state index is 0.231. The average Bonchev–Trinajstić information content (AvgIpc) is 2.24. The molecule has 112 valence electrons.